The first kappa shape index (κ1) is 10.4. The fourth-order valence-electron chi connectivity index (χ4n) is 1.27. The van der Waals surface area contributed by atoms with E-state index in [1.807, 2.05) is 13.0 Å². The summed E-state index contributed by atoms with van der Waals surface area (Å²) in [4.78, 5) is 1.24. The van der Waals surface area contributed by atoms with Gasteiger partial charge in [0.2, 0.25) is 0 Å². The molecule has 0 amide bonds. The topological polar surface area (TPSA) is 35.2 Å². The van der Waals surface area contributed by atoms with Gasteiger partial charge in [-0.3, -0.25) is 0 Å². The molecular formula is C10H15NOS. The summed E-state index contributed by atoms with van der Waals surface area (Å²) in [5.41, 5.74) is 7.94. The lowest BCUT2D eigenvalue weighted by Crippen LogP contribution is -2.00. The fraction of sp³-hybridized carbons (Fsp3) is 0.400. The highest BCUT2D eigenvalue weighted by atomic mass is 32.2. The maximum Gasteiger partial charge on any atom is 0.122 e. The molecule has 0 saturated heterocycles. The average molecular weight is 197 g/mol. The Bertz CT molecular complexity index is 299. The molecule has 2 N–H and O–H groups in total. The lowest BCUT2D eigenvalue weighted by molar-refractivity contribution is 0.410. The first-order valence-electron chi connectivity index (χ1n) is 4.14. The second-order valence-corrected chi connectivity index (χ2v) is 3.69. The van der Waals surface area contributed by atoms with E-state index in [2.05, 4.69) is 12.3 Å². The zero-order valence-corrected chi connectivity index (χ0v) is 9.07. The Labute approximate surface area is 83.5 Å². The van der Waals surface area contributed by atoms with Crippen LogP contribution in [0.3, 0.4) is 0 Å². The quantitative estimate of drug-likeness (QED) is 0.754. The zero-order chi connectivity index (χ0) is 9.84. The number of benzene rings is 1. The van der Waals surface area contributed by atoms with Crippen molar-refractivity contribution in [3.05, 3.63) is 23.3 Å². The molecule has 2 nitrogen and oxygen atoms in total. The minimum Gasteiger partial charge on any atom is -0.496 e. The van der Waals surface area contributed by atoms with Crippen LogP contribution in [0.4, 0.5) is 0 Å². The van der Waals surface area contributed by atoms with Crippen LogP contribution in [-0.2, 0) is 6.54 Å². The molecule has 0 spiro atoms. The summed E-state index contributed by atoms with van der Waals surface area (Å²) < 4.78 is 5.22. The molecule has 0 atom stereocenters. The van der Waals surface area contributed by atoms with Crippen molar-refractivity contribution in [2.45, 2.75) is 18.4 Å². The van der Waals surface area contributed by atoms with Crippen LogP contribution in [0.5, 0.6) is 5.75 Å². The summed E-state index contributed by atoms with van der Waals surface area (Å²) in [6, 6.07) is 4.13. The van der Waals surface area contributed by atoms with Crippen molar-refractivity contribution in [3.63, 3.8) is 0 Å². The van der Waals surface area contributed by atoms with Crippen LogP contribution < -0.4 is 10.5 Å². The third kappa shape index (κ3) is 2.17. The van der Waals surface area contributed by atoms with E-state index >= 15 is 0 Å². The largest absolute Gasteiger partial charge is 0.496 e. The number of rotatable bonds is 3. The first-order chi connectivity index (χ1) is 6.22. The molecule has 1 aromatic rings. The van der Waals surface area contributed by atoms with Crippen LogP contribution >= 0.6 is 11.8 Å². The van der Waals surface area contributed by atoms with Crippen LogP contribution in [-0.4, -0.2) is 13.4 Å². The number of aryl methyl sites for hydroxylation is 1. The molecule has 0 aliphatic carbocycles. The molecule has 13 heavy (non-hydrogen) atoms. The molecule has 0 aliphatic rings. The average Bonchev–Trinajstić information content (AvgIpc) is 2.17. The number of thioether (sulfide) groups is 1. The van der Waals surface area contributed by atoms with Crippen molar-refractivity contribution in [2.24, 2.45) is 5.73 Å². The third-order valence-corrected chi connectivity index (χ3v) is 2.84. The molecule has 0 saturated carbocycles. The molecule has 1 rings (SSSR count). The van der Waals surface area contributed by atoms with E-state index in [4.69, 9.17) is 10.5 Å². The lowest BCUT2D eigenvalue weighted by Gasteiger charge is -2.10. The Morgan fingerprint density at radius 3 is 2.62 bits per heavy atom. The van der Waals surface area contributed by atoms with Gasteiger partial charge in [-0.15, -0.1) is 11.8 Å². The Morgan fingerprint density at radius 2 is 2.15 bits per heavy atom. The monoisotopic (exact) mass is 197 g/mol. The summed E-state index contributed by atoms with van der Waals surface area (Å²) >= 11 is 1.72. The first-order valence-corrected chi connectivity index (χ1v) is 5.37. The maximum atomic E-state index is 5.63. The van der Waals surface area contributed by atoms with Crippen molar-refractivity contribution in [3.8, 4) is 5.75 Å². The van der Waals surface area contributed by atoms with E-state index in [-0.39, 0.29) is 0 Å². The molecule has 0 aliphatic heterocycles. The van der Waals surface area contributed by atoms with Crippen LogP contribution in [0.1, 0.15) is 11.1 Å². The normalized spacial score (nSPS) is 10.2. The van der Waals surface area contributed by atoms with Gasteiger partial charge in [0.25, 0.3) is 0 Å². The van der Waals surface area contributed by atoms with Gasteiger partial charge in [0, 0.05) is 11.4 Å². The van der Waals surface area contributed by atoms with Crippen molar-refractivity contribution < 1.29 is 4.74 Å². The Kier molecular flexibility index (Phi) is 3.63. The summed E-state index contributed by atoms with van der Waals surface area (Å²) in [5, 5.41) is 0. The van der Waals surface area contributed by atoms with Gasteiger partial charge in [-0.05, 0) is 36.4 Å². The maximum absolute atomic E-state index is 5.63. The van der Waals surface area contributed by atoms with Crippen molar-refractivity contribution in [1.82, 2.24) is 0 Å². The molecule has 0 bridgehead atoms. The standard InChI is InChI=1S/C10H15NOS/c1-7-4-10(13-3)8(6-11)5-9(7)12-2/h4-5H,6,11H2,1-3H3. The van der Waals surface area contributed by atoms with E-state index in [9.17, 15) is 0 Å². The molecule has 0 unspecified atom stereocenters. The minimum atomic E-state index is 0.562. The summed E-state index contributed by atoms with van der Waals surface area (Å²) in [5.74, 6) is 0.915. The number of hydrogen-bond acceptors (Lipinski definition) is 3. The number of hydrogen-bond donors (Lipinski definition) is 1. The Hall–Kier alpha value is -0.670. The van der Waals surface area contributed by atoms with Gasteiger partial charge >= 0.3 is 0 Å². The number of ether oxygens (including phenoxy) is 1. The Balaban J connectivity index is 3.18. The van der Waals surface area contributed by atoms with Gasteiger partial charge in [0.15, 0.2) is 0 Å². The summed E-state index contributed by atoms with van der Waals surface area (Å²) in [6.45, 7) is 2.60. The van der Waals surface area contributed by atoms with E-state index in [1.54, 1.807) is 18.9 Å². The predicted molar refractivity (Wildman–Crippen MR) is 57.4 cm³/mol. The highest BCUT2D eigenvalue weighted by Crippen LogP contribution is 2.28. The molecule has 1 aromatic carbocycles. The van der Waals surface area contributed by atoms with E-state index in [0.29, 0.717) is 6.54 Å². The lowest BCUT2D eigenvalue weighted by atomic mass is 10.1. The third-order valence-electron chi connectivity index (χ3n) is 2.02. The number of nitrogens with two attached hydrogens (primary N) is 1. The van der Waals surface area contributed by atoms with Crippen molar-refractivity contribution >= 4 is 11.8 Å². The van der Waals surface area contributed by atoms with Gasteiger partial charge in [-0.25, -0.2) is 0 Å². The van der Waals surface area contributed by atoms with E-state index in [1.165, 1.54) is 4.90 Å². The van der Waals surface area contributed by atoms with Crippen molar-refractivity contribution in [1.29, 1.82) is 0 Å². The molecule has 0 fully saturated rings. The fourth-order valence-corrected chi connectivity index (χ4v) is 1.97. The van der Waals surface area contributed by atoms with Crippen LogP contribution in [0.2, 0.25) is 0 Å². The molecule has 3 heteroatoms. The van der Waals surface area contributed by atoms with Gasteiger partial charge in [0.1, 0.15) is 5.75 Å². The van der Waals surface area contributed by atoms with Gasteiger partial charge in [-0.1, -0.05) is 0 Å². The van der Waals surface area contributed by atoms with Gasteiger partial charge in [-0.2, -0.15) is 0 Å². The highest BCUT2D eigenvalue weighted by Gasteiger charge is 2.05. The highest BCUT2D eigenvalue weighted by molar-refractivity contribution is 7.98. The minimum absolute atomic E-state index is 0.562. The second-order valence-electron chi connectivity index (χ2n) is 2.84. The van der Waals surface area contributed by atoms with Gasteiger partial charge < -0.3 is 10.5 Å². The zero-order valence-electron chi connectivity index (χ0n) is 8.26. The summed E-state index contributed by atoms with van der Waals surface area (Å²) in [7, 11) is 1.68. The van der Waals surface area contributed by atoms with E-state index in [0.717, 1.165) is 16.9 Å². The van der Waals surface area contributed by atoms with Crippen molar-refractivity contribution in [2.75, 3.05) is 13.4 Å². The predicted octanol–water partition coefficient (Wildman–Crippen LogP) is 2.18. The van der Waals surface area contributed by atoms with Crippen LogP contribution in [0, 0.1) is 6.92 Å². The molecule has 0 heterocycles. The molecule has 0 radical (unpaired) electrons. The smallest absolute Gasteiger partial charge is 0.122 e. The SMILES string of the molecule is COc1cc(CN)c(SC)cc1C. The van der Waals surface area contributed by atoms with E-state index < -0.39 is 0 Å². The molecule has 72 valence electrons. The molecule has 0 aromatic heterocycles. The molecular weight excluding hydrogens is 182 g/mol. The Morgan fingerprint density at radius 1 is 1.46 bits per heavy atom. The second kappa shape index (κ2) is 4.53. The summed E-state index contributed by atoms with van der Waals surface area (Å²) in [6.07, 6.45) is 2.06. The van der Waals surface area contributed by atoms with Crippen LogP contribution in [0.15, 0.2) is 17.0 Å². The van der Waals surface area contributed by atoms with Gasteiger partial charge in [0.05, 0.1) is 7.11 Å². The number of methoxy groups -OCH3 is 1. The van der Waals surface area contributed by atoms with Crippen LogP contribution in [0.25, 0.3) is 0 Å².